The van der Waals surface area contributed by atoms with Gasteiger partial charge in [0.2, 0.25) is 0 Å². The van der Waals surface area contributed by atoms with Crippen LogP contribution in [0.3, 0.4) is 0 Å². The third-order valence-electron chi connectivity index (χ3n) is 6.38. The van der Waals surface area contributed by atoms with Crippen LogP contribution in [0.4, 0.5) is 16.8 Å². The minimum Gasteiger partial charge on any atom is -0.508 e. The van der Waals surface area contributed by atoms with E-state index in [1.165, 1.54) is 0 Å². The van der Waals surface area contributed by atoms with Gasteiger partial charge in [-0.25, -0.2) is 15.0 Å². The van der Waals surface area contributed by atoms with Gasteiger partial charge in [-0.15, -0.1) is 0 Å². The fourth-order valence-corrected chi connectivity index (χ4v) is 5.24. The van der Waals surface area contributed by atoms with Crippen LogP contribution in [0.1, 0.15) is 28.8 Å². The average Bonchev–Trinajstić information content (AvgIpc) is 3.39. The number of hydrogen-bond donors (Lipinski definition) is 2. The summed E-state index contributed by atoms with van der Waals surface area (Å²) in [5, 5.41) is 13.7. The van der Waals surface area contributed by atoms with E-state index in [0.29, 0.717) is 24.7 Å². The summed E-state index contributed by atoms with van der Waals surface area (Å²) < 4.78 is 0. The fraction of sp³-hybridized carbons (Fsp3) is 0.259. The Balaban J connectivity index is 1.22. The van der Waals surface area contributed by atoms with Gasteiger partial charge in [-0.1, -0.05) is 17.4 Å². The Labute approximate surface area is 214 Å². The van der Waals surface area contributed by atoms with Crippen LogP contribution in [-0.4, -0.2) is 57.0 Å². The number of piperidine rings is 1. The number of nitrogens with one attached hydrogen (secondary N) is 1. The molecule has 4 aromatic rings. The summed E-state index contributed by atoms with van der Waals surface area (Å²) in [4.78, 5) is 31.7. The number of aryl methyl sites for hydroxylation is 1. The van der Waals surface area contributed by atoms with Gasteiger partial charge in [0.1, 0.15) is 17.4 Å². The minimum atomic E-state index is 0.00747. The van der Waals surface area contributed by atoms with Gasteiger partial charge in [0.15, 0.2) is 5.13 Å². The van der Waals surface area contributed by atoms with E-state index >= 15 is 0 Å². The molecule has 1 saturated heterocycles. The second-order valence-corrected chi connectivity index (χ2v) is 9.95. The summed E-state index contributed by atoms with van der Waals surface area (Å²) in [6.45, 7) is 3.41. The first-order valence-corrected chi connectivity index (χ1v) is 12.7. The summed E-state index contributed by atoms with van der Waals surface area (Å²) in [5.41, 5.74) is 2.60. The Morgan fingerprint density at radius 3 is 2.61 bits per heavy atom. The molecule has 0 saturated carbocycles. The van der Waals surface area contributed by atoms with Crippen molar-refractivity contribution < 1.29 is 9.90 Å². The lowest BCUT2D eigenvalue weighted by molar-refractivity contribution is 0.0713. The van der Waals surface area contributed by atoms with Gasteiger partial charge in [0, 0.05) is 44.1 Å². The minimum absolute atomic E-state index is 0.00747. The molecule has 1 aliphatic rings. The lowest BCUT2D eigenvalue weighted by Gasteiger charge is -2.36. The number of carbonyl (C=O) groups is 1. The van der Waals surface area contributed by atoms with Crippen molar-refractivity contribution in [2.75, 3.05) is 30.4 Å². The van der Waals surface area contributed by atoms with E-state index in [1.807, 2.05) is 48.4 Å². The molecule has 9 heteroatoms. The third-order valence-corrected chi connectivity index (χ3v) is 7.49. The van der Waals surface area contributed by atoms with Crippen molar-refractivity contribution in [1.29, 1.82) is 0 Å². The Morgan fingerprint density at radius 2 is 1.86 bits per heavy atom. The van der Waals surface area contributed by atoms with Crippen molar-refractivity contribution in [1.82, 2.24) is 19.9 Å². The van der Waals surface area contributed by atoms with E-state index in [1.54, 1.807) is 41.8 Å². The Kier molecular flexibility index (Phi) is 6.81. The number of likely N-dealkylation sites (tertiary alicyclic amines) is 1. The first kappa shape index (κ1) is 23.7. The standard InChI is InChI=1S/C27H28N6O2S/c1-18-10-13-28-25(16-18)31-24-5-3-4-22(30-24)23-17-29-27(36-23)32(2)20-11-14-33(15-12-20)26(35)19-6-8-21(34)9-7-19/h3-10,13,16-17,20,34H,11-12,14-15H2,1-2H3,(H,28,30,31). The highest BCUT2D eigenvalue weighted by Gasteiger charge is 2.27. The van der Waals surface area contributed by atoms with Gasteiger partial charge in [-0.3, -0.25) is 4.79 Å². The van der Waals surface area contributed by atoms with Crippen LogP contribution >= 0.6 is 11.3 Å². The van der Waals surface area contributed by atoms with Gasteiger partial charge >= 0.3 is 0 Å². The molecule has 184 valence electrons. The molecular formula is C27H28N6O2S. The molecule has 4 heterocycles. The molecule has 0 unspecified atom stereocenters. The SMILES string of the molecule is Cc1ccnc(Nc2cccc(-c3cnc(N(C)C4CCN(C(=O)c5ccc(O)cc5)CC4)s3)n2)c1. The van der Waals surface area contributed by atoms with Crippen LogP contribution in [0.25, 0.3) is 10.6 Å². The molecular weight excluding hydrogens is 472 g/mol. The van der Waals surface area contributed by atoms with E-state index in [9.17, 15) is 9.90 Å². The molecule has 2 N–H and O–H groups in total. The summed E-state index contributed by atoms with van der Waals surface area (Å²) >= 11 is 1.62. The largest absolute Gasteiger partial charge is 0.508 e. The first-order valence-electron chi connectivity index (χ1n) is 11.9. The highest BCUT2D eigenvalue weighted by Crippen LogP contribution is 2.33. The fourth-order valence-electron chi connectivity index (χ4n) is 4.32. The zero-order valence-electron chi connectivity index (χ0n) is 20.3. The van der Waals surface area contributed by atoms with Crippen molar-refractivity contribution in [2.45, 2.75) is 25.8 Å². The average molecular weight is 501 g/mol. The van der Waals surface area contributed by atoms with Gasteiger partial charge < -0.3 is 20.2 Å². The summed E-state index contributed by atoms with van der Waals surface area (Å²) in [5.74, 6) is 1.67. The van der Waals surface area contributed by atoms with Crippen LogP contribution in [-0.2, 0) is 0 Å². The molecule has 3 aromatic heterocycles. The number of benzene rings is 1. The highest BCUT2D eigenvalue weighted by atomic mass is 32.1. The smallest absolute Gasteiger partial charge is 0.253 e. The molecule has 0 atom stereocenters. The van der Waals surface area contributed by atoms with Crippen molar-refractivity contribution in [3.05, 3.63) is 78.1 Å². The van der Waals surface area contributed by atoms with Crippen LogP contribution in [0.15, 0.2) is 67.0 Å². The van der Waals surface area contributed by atoms with Crippen LogP contribution in [0, 0.1) is 6.92 Å². The molecule has 1 aromatic carbocycles. The number of aromatic hydroxyl groups is 1. The maximum Gasteiger partial charge on any atom is 0.253 e. The highest BCUT2D eigenvalue weighted by molar-refractivity contribution is 7.18. The molecule has 0 bridgehead atoms. The number of nitrogens with zero attached hydrogens (tertiary/aromatic N) is 5. The number of anilines is 3. The Morgan fingerprint density at radius 1 is 1.08 bits per heavy atom. The molecule has 1 amide bonds. The Bertz CT molecular complexity index is 1350. The predicted octanol–water partition coefficient (Wildman–Crippen LogP) is 5.10. The maximum absolute atomic E-state index is 12.8. The molecule has 36 heavy (non-hydrogen) atoms. The van der Waals surface area contributed by atoms with E-state index in [2.05, 4.69) is 27.2 Å². The van der Waals surface area contributed by atoms with Crippen molar-refractivity contribution >= 4 is 34.0 Å². The zero-order chi connectivity index (χ0) is 25.1. The van der Waals surface area contributed by atoms with Crippen molar-refractivity contribution in [3.8, 4) is 16.3 Å². The summed E-state index contributed by atoms with van der Waals surface area (Å²) in [6.07, 6.45) is 5.39. The second kappa shape index (κ2) is 10.3. The van der Waals surface area contributed by atoms with Crippen molar-refractivity contribution in [2.24, 2.45) is 0 Å². The number of phenolic OH excluding ortho intramolecular Hbond substituents is 1. The molecule has 0 aliphatic carbocycles. The number of pyridine rings is 2. The number of amides is 1. The monoisotopic (exact) mass is 500 g/mol. The molecule has 8 nitrogen and oxygen atoms in total. The van der Waals surface area contributed by atoms with E-state index in [4.69, 9.17) is 4.98 Å². The zero-order valence-corrected chi connectivity index (χ0v) is 21.1. The third kappa shape index (κ3) is 5.31. The molecule has 5 rings (SSSR count). The van der Waals surface area contributed by atoms with E-state index in [-0.39, 0.29) is 11.7 Å². The molecule has 1 fully saturated rings. The summed E-state index contributed by atoms with van der Waals surface area (Å²) in [7, 11) is 2.07. The maximum atomic E-state index is 12.8. The van der Waals surface area contributed by atoms with Crippen LogP contribution < -0.4 is 10.2 Å². The van der Waals surface area contributed by atoms with Crippen LogP contribution in [0.5, 0.6) is 5.75 Å². The second-order valence-electron chi connectivity index (χ2n) is 8.94. The van der Waals surface area contributed by atoms with Gasteiger partial charge in [0.25, 0.3) is 5.91 Å². The van der Waals surface area contributed by atoms with E-state index < -0.39 is 0 Å². The number of rotatable bonds is 6. The van der Waals surface area contributed by atoms with Crippen molar-refractivity contribution in [3.63, 3.8) is 0 Å². The van der Waals surface area contributed by atoms with E-state index in [0.717, 1.165) is 45.7 Å². The molecule has 0 spiro atoms. The van der Waals surface area contributed by atoms with Gasteiger partial charge in [0.05, 0.1) is 10.6 Å². The number of thiazole rings is 1. The van der Waals surface area contributed by atoms with Crippen LogP contribution in [0.2, 0.25) is 0 Å². The number of phenols is 1. The number of aromatic nitrogens is 3. The number of hydrogen-bond acceptors (Lipinski definition) is 8. The normalized spacial score (nSPS) is 14.0. The first-order chi connectivity index (χ1) is 17.5. The summed E-state index contributed by atoms with van der Waals surface area (Å²) in [6, 6.07) is 16.6. The topological polar surface area (TPSA) is 94.5 Å². The number of carbonyl (C=O) groups excluding carboxylic acids is 1. The lowest BCUT2D eigenvalue weighted by atomic mass is 10.0. The Hall–Kier alpha value is -3.98. The predicted molar refractivity (Wildman–Crippen MR) is 143 cm³/mol. The molecule has 0 radical (unpaired) electrons. The van der Waals surface area contributed by atoms with Gasteiger partial charge in [-0.2, -0.15) is 0 Å². The molecule has 1 aliphatic heterocycles. The lowest BCUT2D eigenvalue weighted by Crippen LogP contribution is -2.45. The quantitative estimate of drug-likeness (QED) is 0.380. The van der Waals surface area contributed by atoms with Gasteiger partial charge in [-0.05, 0) is 73.9 Å².